The minimum absolute atomic E-state index is 0.0355. The number of carboxylic acids is 1. The smallest absolute Gasteiger partial charge is 0.318 e. The van der Waals surface area contributed by atoms with Crippen molar-refractivity contribution < 1.29 is 27.9 Å². The molecule has 1 rings (SSSR count). The van der Waals surface area contributed by atoms with Crippen molar-refractivity contribution in [1.29, 1.82) is 0 Å². The van der Waals surface area contributed by atoms with Gasteiger partial charge in [-0.25, -0.2) is 8.42 Å². The van der Waals surface area contributed by atoms with Gasteiger partial charge in [0, 0.05) is 26.1 Å². The number of sulfonamides is 1. The molecule has 0 aromatic carbocycles. The molecule has 8 nitrogen and oxygen atoms in total. The van der Waals surface area contributed by atoms with Gasteiger partial charge in [0.05, 0.1) is 19.0 Å². The van der Waals surface area contributed by atoms with Crippen LogP contribution in [0.25, 0.3) is 0 Å². The van der Waals surface area contributed by atoms with Crippen LogP contribution >= 0.6 is 0 Å². The summed E-state index contributed by atoms with van der Waals surface area (Å²) in [5.41, 5.74) is 0. The van der Waals surface area contributed by atoms with Crippen LogP contribution in [-0.4, -0.2) is 79.8 Å². The number of carbonyl (C=O) groups excluding carboxylic acids is 1. The van der Waals surface area contributed by atoms with Crippen LogP contribution in [0, 0.1) is 5.92 Å². The molecule has 0 aromatic rings. The van der Waals surface area contributed by atoms with E-state index in [2.05, 4.69) is 6.92 Å². The molecular weight excluding hydrogens is 336 g/mol. The van der Waals surface area contributed by atoms with Gasteiger partial charge in [-0.05, 0) is 5.92 Å². The Bertz CT molecular complexity index is 536. The molecule has 0 aromatic heterocycles. The van der Waals surface area contributed by atoms with E-state index in [1.165, 1.54) is 0 Å². The highest BCUT2D eigenvalue weighted by molar-refractivity contribution is 7.88. The Labute approximate surface area is 143 Å². The number of rotatable bonds is 9. The summed E-state index contributed by atoms with van der Waals surface area (Å²) in [5.74, 6) is -0.880. The number of hydrogen-bond donors (Lipinski definition) is 1. The van der Waals surface area contributed by atoms with E-state index in [9.17, 15) is 18.0 Å². The summed E-state index contributed by atoms with van der Waals surface area (Å²) in [4.78, 5) is 24.9. The van der Waals surface area contributed by atoms with Crippen molar-refractivity contribution in [3.63, 3.8) is 0 Å². The first-order chi connectivity index (χ1) is 11.1. The van der Waals surface area contributed by atoms with E-state index in [4.69, 9.17) is 9.84 Å². The van der Waals surface area contributed by atoms with Crippen molar-refractivity contribution in [2.24, 2.45) is 5.92 Å². The van der Waals surface area contributed by atoms with Crippen LogP contribution in [0.1, 0.15) is 33.1 Å². The summed E-state index contributed by atoms with van der Waals surface area (Å²) < 4.78 is 29.8. The molecule has 140 valence electrons. The molecule has 1 N–H and O–H groups in total. The standard InChI is InChI=1S/C15H28N2O6S/c1-4-5-12(2)8-14(18)16-6-7-23-13(9-16)10-17(11-15(19)20)24(3,21)22/h12-13H,4-11H2,1-3H3,(H,19,20). The monoisotopic (exact) mass is 364 g/mol. The topological polar surface area (TPSA) is 104 Å². The highest BCUT2D eigenvalue weighted by atomic mass is 32.2. The lowest BCUT2D eigenvalue weighted by Crippen LogP contribution is -2.51. The summed E-state index contributed by atoms with van der Waals surface area (Å²) in [6.07, 6.45) is 2.93. The van der Waals surface area contributed by atoms with E-state index in [1.54, 1.807) is 4.90 Å². The van der Waals surface area contributed by atoms with Crippen LogP contribution in [-0.2, 0) is 24.3 Å². The largest absolute Gasteiger partial charge is 0.480 e. The fourth-order valence-electron chi connectivity index (χ4n) is 2.77. The number of amides is 1. The molecule has 1 aliphatic rings. The van der Waals surface area contributed by atoms with Gasteiger partial charge in [0.25, 0.3) is 0 Å². The summed E-state index contributed by atoms with van der Waals surface area (Å²) in [5, 5.41) is 8.86. The average Bonchev–Trinajstić information content (AvgIpc) is 2.45. The lowest BCUT2D eigenvalue weighted by molar-refractivity contribution is -0.142. The molecule has 2 unspecified atom stereocenters. The average molecular weight is 364 g/mol. The van der Waals surface area contributed by atoms with Gasteiger partial charge in [0.1, 0.15) is 6.54 Å². The molecule has 0 bridgehead atoms. The van der Waals surface area contributed by atoms with E-state index in [0.29, 0.717) is 25.5 Å². The minimum Gasteiger partial charge on any atom is -0.480 e. The van der Waals surface area contributed by atoms with Gasteiger partial charge in [-0.15, -0.1) is 0 Å². The Hall–Kier alpha value is -1.19. The van der Waals surface area contributed by atoms with Crippen molar-refractivity contribution in [2.45, 2.75) is 39.2 Å². The number of ether oxygens (including phenoxy) is 1. The van der Waals surface area contributed by atoms with Crippen LogP contribution in [0.3, 0.4) is 0 Å². The number of carboxylic acid groups (broad SMARTS) is 1. The molecule has 0 aliphatic carbocycles. The lowest BCUT2D eigenvalue weighted by atomic mass is 10.0. The number of morpholine rings is 1. The summed E-state index contributed by atoms with van der Waals surface area (Å²) >= 11 is 0. The number of nitrogens with zero attached hydrogens (tertiary/aromatic N) is 2. The molecule has 1 fully saturated rings. The first kappa shape index (κ1) is 20.9. The minimum atomic E-state index is -3.65. The van der Waals surface area contributed by atoms with Gasteiger partial charge in [-0.3, -0.25) is 9.59 Å². The highest BCUT2D eigenvalue weighted by Gasteiger charge is 2.30. The Morgan fingerprint density at radius 3 is 2.62 bits per heavy atom. The zero-order chi connectivity index (χ0) is 18.3. The lowest BCUT2D eigenvalue weighted by Gasteiger charge is -2.35. The van der Waals surface area contributed by atoms with Gasteiger partial charge in [0.2, 0.25) is 15.9 Å². The Balaban J connectivity index is 2.64. The molecular formula is C15H28N2O6S. The van der Waals surface area contributed by atoms with Gasteiger partial charge >= 0.3 is 5.97 Å². The molecule has 2 atom stereocenters. The van der Waals surface area contributed by atoms with Crippen LogP contribution in [0.5, 0.6) is 0 Å². The zero-order valence-corrected chi connectivity index (χ0v) is 15.4. The first-order valence-corrected chi connectivity index (χ1v) is 10.0. The molecule has 1 amide bonds. The van der Waals surface area contributed by atoms with Crippen molar-refractivity contribution in [2.75, 3.05) is 39.0 Å². The Morgan fingerprint density at radius 2 is 2.08 bits per heavy atom. The molecule has 0 spiro atoms. The molecule has 1 aliphatic heterocycles. The fraction of sp³-hybridized carbons (Fsp3) is 0.867. The predicted octanol–water partition coefficient (Wildman–Crippen LogP) is 0.386. The third-order valence-electron chi connectivity index (χ3n) is 3.98. The van der Waals surface area contributed by atoms with Crippen LogP contribution < -0.4 is 0 Å². The second kappa shape index (κ2) is 9.33. The third kappa shape index (κ3) is 7.14. The predicted molar refractivity (Wildman–Crippen MR) is 89.1 cm³/mol. The van der Waals surface area contributed by atoms with Gasteiger partial charge < -0.3 is 14.7 Å². The van der Waals surface area contributed by atoms with E-state index >= 15 is 0 Å². The SMILES string of the molecule is CCCC(C)CC(=O)N1CCOC(CN(CC(=O)O)S(C)(=O)=O)C1. The first-order valence-electron chi connectivity index (χ1n) is 8.19. The Morgan fingerprint density at radius 1 is 1.42 bits per heavy atom. The van der Waals surface area contributed by atoms with Crippen LogP contribution in [0.4, 0.5) is 0 Å². The second-order valence-electron chi connectivity index (χ2n) is 6.38. The number of carbonyl (C=O) groups is 2. The zero-order valence-electron chi connectivity index (χ0n) is 14.6. The third-order valence-corrected chi connectivity index (χ3v) is 5.20. The number of aliphatic carboxylic acids is 1. The quantitative estimate of drug-likeness (QED) is 0.634. The van der Waals surface area contributed by atoms with Crippen LogP contribution in [0.15, 0.2) is 0 Å². The van der Waals surface area contributed by atoms with Crippen LogP contribution in [0.2, 0.25) is 0 Å². The maximum atomic E-state index is 12.3. The van der Waals surface area contributed by atoms with Crippen molar-refractivity contribution >= 4 is 21.9 Å². The van der Waals surface area contributed by atoms with Crippen molar-refractivity contribution in [1.82, 2.24) is 9.21 Å². The molecule has 0 radical (unpaired) electrons. The Kier molecular flexibility index (Phi) is 8.11. The highest BCUT2D eigenvalue weighted by Crippen LogP contribution is 2.15. The fourth-order valence-corrected chi connectivity index (χ4v) is 3.56. The van der Waals surface area contributed by atoms with E-state index in [0.717, 1.165) is 23.4 Å². The molecule has 0 saturated carbocycles. The maximum absolute atomic E-state index is 12.3. The van der Waals surface area contributed by atoms with Crippen molar-refractivity contribution in [3.8, 4) is 0 Å². The number of hydrogen-bond acceptors (Lipinski definition) is 5. The summed E-state index contributed by atoms with van der Waals surface area (Å²) in [6.45, 7) is 4.52. The maximum Gasteiger partial charge on any atom is 0.318 e. The van der Waals surface area contributed by atoms with Gasteiger partial charge in [-0.2, -0.15) is 4.31 Å². The van der Waals surface area contributed by atoms with Crippen molar-refractivity contribution in [3.05, 3.63) is 0 Å². The van der Waals surface area contributed by atoms with Gasteiger partial charge in [-0.1, -0.05) is 26.7 Å². The molecule has 24 heavy (non-hydrogen) atoms. The summed E-state index contributed by atoms with van der Waals surface area (Å²) in [7, 11) is -3.65. The van der Waals surface area contributed by atoms with E-state index in [-0.39, 0.29) is 19.0 Å². The molecule has 1 saturated heterocycles. The second-order valence-corrected chi connectivity index (χ2v) is 8.36. The van der Waals surface area contributed by atoms with E-state index < -0.39 is 28.6 Å². The summed E-state index contributed by atoms with van der Waals surface area (Å²) in [6, 6.07) is 0. The van der Waals surface area contributed by atoms with E-state index in [1.807, 2.05) is 6.92 Å². The molecule has 1 heterocycles. The van der Waals surface area contributed by atoms with Gasteiger partial charge in [0.15, 0.2) is 0 Å². The molecule has 9 heteroatoms. The normalized spacial score (nSPS) is 20.2.